The number of nitrogens with zero attached hydrogens (tertiary/aromatic N) is 4. The molecule has 0 atom stereocenters. The van der Waals surface area contributed by atoms with Gasteiger partial charge in [-0.3, -0.25) is 0 Å². The first-order valence-electron chi connectivity index (χ1n) is 8.18. The second-order valence-electron chi connectivity index (χ2n) is 5.75. The molecule has 3 aromatic rings. The molecular formula is C18H22N4O3. The van der Waals surface area contributed by atoms with Crippen molar-refractivity contribution in [2.75, 3.05) is 14.2 Å². The summed E-state index contributed by atoms with van der Waals surface area (Å²) >= 11 is 0. The molecule has 7 nitrogen and oxygen atoms in total. The van der Waals surface area contributed by atoms with E-state index >= 15 is 0 Å². The molecule has 3 rings (SSSR count). The average molecular weight is 342 g/mol. The SMILES string of the molecule is CCc1nc(C)cn1Cc1nc(Cc2ccc(OC)c(OC)c2)no1. The zero-order valence-electron chi connectivity index (χ0n) is 14.9. The highest BCUT2D eigenvalue weighted by Crippen LogP contribution is 2.28. The van der Waals surface area contributed by atoms with Crippen molar-refractivity contribution in [1.29, 1.82) is 0 Å². The third-order valence-electron chi connectivity index (χ3n) is 3.92. The molecule has 0 aliphatic rings. The maximum absolute atomic E-state index is 5.39. The van der Waals surface area contributed by atoms with Crippen LogP contribution in [0.4, 0.5) is 0 Å². The number of aromatic nitrogens is 4. The first-order valence-corrected chi connectivity index (χ1v) is 8.18. The van der Waals surface area contributed by atoms with Gasteiger partial charge in [-0.05, 0) is 24.6 Å². The van der Waals surface area contributed by atoms with Crippen molar-refractivity contribution in [1.82, 2.24) is 19.7 Å². The molecule has 0 radical (unpaired) electrons. The molecule has 7 heteroatoms. The first-order chi connectivity index (χ1) is 12.1. The molecule has 0 unspecified atom stereocenters. The van der Waals surface area contributed by atoms with Crippen molar-refractivity contribution in [3.63, 3.8) is 0 Å². The molecule has 0 N–H and O–H groups in total. The van der Waals surface area contributed by atoms with Gasteiger partial charge in [0.25, 0.3) is 0 Å². The highest BCUT2D eigenvalue weighted by atomic mass is 16.5. The third kappa shape index (κ3) is 3.81. The molecule has 0 amide bonds. The van der Waals surface area contributed by atoms with Gasteiger partial charge in [0, 0.05) is 19.0 Å². The maximum Gasteiger partial charge on any atom is 0.246 e. The summed E-state index contributed by atoms with van der Waals surface area (Å²) < 4.78 is 18.0. The number of methoxy groups -OCH3 is 2. The zero-order valence-corrected chi connectivity index (χ0v) is 14.9. The quantitative estimate of drug-likeness (QED) is 0.657. The molecule has 0 spiro atoms. The summed E-state index contributed by atoms with van der Waals surface area (Å²) in [6.07, 6.45) is 3.42. The van der Waals surface area contributed by atoms with Gasteiger partial charge in [0.2, 0.25) is 5.89 Å². The summed E-state index contributed by atoms with van der Waals surface area (Å²) in [5.41, 5.74) is 2.01. The Bertz CT molecular complexity index is 854. The molecular weight excluding hydrogens is 320 g/mol. The van der Waals surface area contributed by atoms with Crippen molar-refractivity contribution in [2.45, 2.75) is 33.2 Å². The van der Waals surface area contributed by atoms with Crippen molar-refractivity contribution >= 4 is 0 Å². The van der Waals surface area contributed by atoms with Gasteiger partial charge in [-0.25, -0.2) is 4.98 Å². The van der Waals surface area contributed by atoms with Gasteiger partial charge < -0.3 is 18.6 Å². The van der Waals surface area contributed by atoms with E-state index in [0.717, 1.165) is 23.5 Å². The summed E-state index contributed by atoms with van der Waals surface area (Å²) in [4.78, 5) is 8.97. The van der Waals surface area contributed by atoms with Gasteiger partial charge in [0.05, 0.1) is 19.9 Å². The van der Waals surface area contributed by atoms with Crippen LogP contribution in [0, 0.1) is 6.92 Å². The molecule has 0 aliphatic heterocycles. The van der Waals surface area contributed by atoms with Gasteiger partial charge in [0.15, 0.2) is 17.3 Å². The standard InChI is InChI=1S/C18H22N4O3/c1-5-17-19-12(2)10-22(17)11-18-20-16(21-25-18)9-13-6-7-14(23-3)15(8-13)24-4/h6-8,10H,5,9,11H2,1-4H3. The number of imidazole rings is 1. The fraction of sp³-hybridized carbons (Fsp3) is 0.389. The predicted molar refractivity (Wildman–Crippen MR) is 92.1 cm³/mol. The number of aryl methyl sites for hydroxylation is 2. The minimum atomic E-state index is 0.531. The Morgan fingerprint density at radius 3 is 2.64 bits per heavy atom. The van der Waals surface area contributed by atoms with Gasteiger partial charge in [-0.2, -0.15) is 4.98 Å². The fourth-order valence-corrected chi connectivity index (χ4v) is 2.76. The Hall–Kier alpha value is -2.83. The van der Waals surface area contributed by atoms with Crippen LogP contribution >= 0.6 is 0 Å². The van der Waals surface area contributed by atoms with Crippen molar-refractivity contribution in [2.24, 2.45) is 0 Å². The lowest BCUT2D eigenvalue weighted by Gasteiger charge is -2.08. The van der Waals surface area contributed by atoms with Crippen molar-refractivity contribution in [3.05, 3.63) is 53.2 Å². The second kappa shape index (κ2) is 7.38. The lowest BCUT2D eigenvalue weighted by Crippen LogP contribution is -2.03. The highest BCUT2D eigenvalue weighted by Gasteiger charge is 2.12. The van der Waals surface area contributed by atoms with E-state index < -0.39 is 0 Å². The van der Waals surface area contributed by atoms with E-state index in [4.69, 9.17) is 14.0 Å². The maximum atomic E-state index is 5.39. The van der Waals surface area contributed by atoms with Crippen LogP contribution in [-0.4, -0.2) is 33.9 Å². The van der Waals surface area contributed by atoms with E-state index in [-0.39, 0.29) is 0 Å². The lowest BCUT2D eigenvalue weighted by atomic mass is 10.1. The monoisotopic (exact) mass is 342 g/mol. The van der Waals surface area contributed by atoms with Crippen LogP contribution in [0.15, 0.2) is 28.9 Å². The van der Waals surface area contributed by atoms with Gasteiger partial charge in [0.1, 0.15) is 12.4 Å². The molecule has 2 heterocycles. The normalized spacial score (nSPS) is 10.9. The molecule has 0 fully saturated rings. The van der Waals surface area contributed by atoms with Crippen LogP contribution in [0.5, 0.6) is 11.5 Å². The number of benzene rings is 1. The Balaban J connectivity index is 1.73. The smallest absolute Gasteiger partial charge is 0.246 e. The number of ether oxygens (including phenoxy) is 2. The van der Waals surface area contributed by atoms with Crippen LogP contribution in [-0.2, 0) is 19.4 Å². The predicted octanol–water partition coefficient (Wildman–Crippen LogP) is 2.79. The van der Waals surface area contributed by atoms with Crippen LogP contribution in [0.1, 0.15) is 35.7 Å². The van der Waals surface area contributed by atoms with E-state index in [2.05, 4.69) is 22.0 Å². The highest BCUT2D eigenvalue weighted by molar-refractivity contribution is 5.43. The van der Waals surface area contributed by atoms with Crippen LogP contribution in [0.3, 0.4) is 0 Å². The van der Waals surface area contributed by atoms with E-state index in [1.807, 2.05) is 35.9 Å². The molecule has 0 saturated carbocycles. The minimum Gasteiger partial charge on any atom is -0.493 e. The van der Waals surface area contributed by atoms with Crippen molar-refractivity contribution in [3.8, 4) is 11.5 Å². The fourth-order valence-electron chi connectivity index (χ4n) is 2.76. The summed E-state index contributed by atoms with van der Waals surface area (Å²) in [6.45, 7) is 4.59. The van der Waals surface area contributed by atoms with Gasteiger partial charge in [-0.15, -0.1) is 0 Å². The topological polar surface area (TPSA) is 75.2 Å². The number of rotatable bonds is 7. The molecule has 0 bridgehead atoms. The van der Waals surface area contributed by atoms with Crippen molar-refractivity contribution < 1.29 is 14.0 Å². The summed E-state index contributed by atoms with van der Waals surface area (Å²) in [7, 11) is 3.23. The minimum absolute atomic E-state index is 0.531. The molecule has 1 aromatic carbocycles. The van der Waals surface area contributed by atoms with E-state index in [1.54, 1.807) is 14.2 Å². The molecule has 132 valence electrons. The van der Waals surface area contributed by atoms with Crippen LogP contribution in [0.25, 0.3) is 0 Å². The largest absolute Gasteiger partial charge is 0.493 e. The zero-order chi connectivity index (χ0) is 17.8. The Morgan fingerprint density at radius 2 is 1.92 bits per heavy atom. The Morgan fingerprint density at radius 1 is 1.12 bits per heavy atom. The Labute approximate surface area is 146 Å². The molecule has 25 heavy (non-hydrogen) atoms. The summed E-state index contributed by atoms with van der Waals surface area (Å²) in [5, 5.41) is 4.08. The first kappa shape index (κ1) is 17.0. The second-order valence-corrected chi connectivity index (χ2v) is 5.75. The van der Waals surface area contributed by atoms with Crippen LogP contribution < -0.4 is 9.47 Å². The lowest BCUT2D eigenvalue weighted by molar-refractivity contribution is 0.354. The number of hydrogen-bond acceptors (Lipinski definition) is 6. The van der Waals surface area contributed by atoms with Gasteiger partial charge >= 0.3 is 0 Å². The van der Waals surface area contributed by atoms with Crippen LogP contribution in [0.2, 0.25) is 0 Å². The third-order valence-corrected chi connectivity index (χ3v) is 3.92. The molecule has 0 aliphatic carbocycles. The van der Waals surface area contributed by atoms with E-state index in [0.29, 0.717) is 36.2 Å². The van der Waals surface area contributed by atoms with Gasteiger partial charge in [-0.1, -0.05) is 18.1 Å². The average Bonchev–Trinajstić information content (AvgIpc) is 3.20. The van der Waals surface area contributed by atoms with E-state index in [1.165, 1.54) is 0 Å². The number of hydrogen-bond donors (Lipinski definition) is 0. The summed E-state index contributed by atoms with van der Waals surface area (Å²) in [5.74, 6) is 3.60. The molecule has 0 saturated heterocycles. The van der Waals surface area contributed by atoms with E-state index in [9.17, 15) is 0 Å². The summed E-state index contributed by atoms with van der Waals surface area (Å²) in [6, 6.07) is 5.76. The Kier molecular flexibility index (Phi) is 5.02. The molecule has 2 aromatic heterocycles.